The summed E-state index contributed by atoms with van der Waals surface area (Å²) in [6, 6.07) is 1.39. The van der Waals surface area contributed by atoms with Gasteiger partial charge in [0.25, 0.3) is 0 Å². The van der Waals surface area contributed by atoms with Gasteiger partial charge in [0, 0.05) is 25.2 Å². The molecule has 0 aromatic heterocycles. The molecule has 1 N–H and O–H groups in total. The largest absolute Gasteiger partial charge is 0.373 e. The zero-order valence-electron chi connectivity index (χ0n) is 12.5. The monoisotopic (exact) mass is 254 g/mol. The number of nitrogens with zero attached hydrogens (tertiary/aromatic N) is 1. The van der Waals surface area contributed by atoms with Crippen molar-refractivity contribution >= 4 is 0 Å². The summed E-state index contributed by atoms with van der Waals surface area (Å²) < 4.78 is 5.87. The maximum Gasteiger partial charge on any atom is 0.0678 e. The number of hydrogen-bond acceptors (Lipinski definition) is 3. The first kappa shape index (κ1) is 14.3. The first-order valence-electron chi connectivity index (χ1n) is 7.73. The van der Waals surface area contributed by atoms with Gasteiger partial charge in [-0.1, -0.05) is 13.8 Å². The van der Waals surface area contributed by atoms with E-state index in [1.165, 1.54) is 19.3 Å². The van der Waals surface area contributed by atoms with Crippen molar-refractivity contribution in [2.45, 2.75) is 71.2 Å². The molecule has 2 fully saturated rings. The van der Waals surface area contributed by atoms with Crippen molar-refractivity contribution in [1.82, 2.24) is 10.2 Å². The lowest BCUT2D eigenvalue weighted by molar-refractivity contribution is -0.0900. The molecule has 18 heavy (non-hydrogen) atoms. The fraction of sp³-hybridized carbons (Fsp3) is 1.00. The van der Waals surface area contributed by atoms with Crippen LogP contribution in [0.5, 0.6) is 0 Å². The van der Waals surface area contributed by atoms with E-state index in [0.717, 1.165) is 25.6 Å². The van der Waals surface area contributed by atoms with Crippen LogP contribution < -0.4 is 5.32 Å². The highest BCUT2D eigenvalue weighted by Crippen LogP contribution is 2.29. The summed E-state index contributed by atoms with van der Waals surface area (Å²) in [5, 5.41) is 3.70. The number of ether oxygens (including phenoxy) is 1. The predicted octanol–water partition coefficient (Wildman–Crippen LogP) is 2.26. The quantitative estimate of drug-likeness (QED) is 0.836. The van der Waals surface area contributed by atoms with Crippen LogP contribution >= 0.6 is 0 Å². The zero-order valence-corrected chi connectivity index (χ0v) is 12.5. The molecule has 0 aromatic rings. The third-order valence-electron chi connectivity index (χ3n) is 4.46. The Balaban J connectivity index is 2.01. The summed E-state index contributed by atoms with van der Waals surface area (Å²) in [5.74, 6) is 0.873. The van der Waals surface area contributed by atoms with Crippen molar-refractivity contribution < 1.29 is 4.74 Å². The molecule has 0 bridgehead atoms. The summed E-state index contributed by atoms with van der Waals surface area (Å²) in [6.07, 6.45) is 4.82. The van der Waals surface area contributed by atoms with Crippen LogP contribution in [-0.4, -0.2) is 48.8 Å². The van der Waals surface area contributed by atoms with E-state index in [1.54, 1.807) is 0 Å². The molecule has 1 aliphatic carbocycles. The van der Waals surface area contributed by atoms with Crippen LogP contribution in [0.2, 0.25) is 0 Å². The molecule has 0 aromatic carbocycles. The Kier molecular flexibility index (Phi) is 5.05. The molecule has 5 unspecified atom stereocenters. The molecule has 3 nitrogen and oxygen atoms in total. The molecular formula is C15H30N2O. The molecule has 1 saturated heterocycles. The minimum Gasteiger partial charge on any atom is -0.373 e. The summed E-state index contributed by atoms with van der Waals surface area (Å²) in [6.45, 7) is 12.3. The Bertz CT molecular complexity index is 249. The van der Waals surface area contributed by atoms with Crippen molar-refractivity contribution in [2.24, 2.45) is 5.92 Å². The van der Waals surface area contributed by atoms with Gasteiger partial charge < -0.3 is 10.1 Å². The minimum absolute atomic E-state index is 0.383. The van der Waals surface area contributed by atoms with Gasteiger partial charge in [-0.2, -0.15) is 0 Å². The van der Waals surface area contributed by atoms with Gasteiger partial charge in [0.15, 0.2) is 0 Å². The number of likely N-dealkylation sites (N-methyl/N-ethyl adjacent to an activating group) is 1. The first-order chi connectivity index (χ1) is 8.60. The Morgan fingerprint density at radius 2 is 1.78 bits per heavy atom. The normalized spacial score (nSPS) is 43.0. The molecule has 3 heteroatoms. The van der Waals surface area contributed by atoms with E-state index in [9.17, 15) is 0 Å². The lowest BCUT2D eigenvalue weighted by atomic mass is 9.82. The van der Waals surface area contributed by atoms with E-state index in [2.05, 4.69) is 37.9 Å². The number of rotatable bonds is 3. The Hall–Kier alpha value is -0.120. The van der Waals surface area contributed by atoms with Crippen molar-refractivity contribution in [1.29, 1.82) is 0 Å². The van der Waals surface area contributed by atoms with E-state index in [1.807, 2.05) is 0 Å². The summed E-state index contributed by atoms with van der Waals surface area (Å²) in [5.41, 5.74) is 0. The molecule has 0 radical (unpaired) electrons. The standard InChI is InChI=1S/C15H30N2O/c1-5-16-14-7-6-11(2)8-15(14)17-9-12(3)18-13(4)10-17/h11-16H,5-10H2,1-4H3. The molecule has 2 aliphatic rings. The number of nitrogens with one attached hydrogen (secondary N) is 1. The zero-order chi connectivity index (χ0) is 13.1. The van der Waals surface area contributed by atoms with Crippen LogP contribution in [0.25, 0.3) is 0 Å². The van der Waals surface area contributed by atoms with E-state index < -0.39 is 0 Å². The van der Waals surface area contributed by atoms with E-state index in [4.69, 9.17) is 4.74 Å². The fourth-order valence-corrected chi connectivity index (χ4v) is 3.74. The van der Waals surface area contributed by atoms with Crippen LogP contribution in [0.1, 0.15) is 47.0 Å². The lowest BCUT2D eigenvalue weighted by Gasteiger charge is -2.46. The average Bonchev–Trinajstić information content (AvgIpc) is 2.30. The highest BCUT2D eigenvalue weighted by Gasteiger charge is 2.35. The molecule has 1 heterocycles. The topological polar surface area (TPSA) is 24.5 Å². The highest BCUT2D eigenvalue weighted by atomic mass is 16.5. The highest BCUT2D eigenvalue weighted by molar-refractivity contribution is 4.92. The van der Waals surface area contributed by atoms with E-state index in [0.29, 0.717) is 24.3 Å². The van der Waals surface area contributed by atoms with Crippen LogP contribution in [0.4, 0.5) is 0 Å². The second kappa shape index (κ2) is 6.36. The molecule has 1 saturated carbocycles. The maximum absolute atomic E-state index is 5.87. The van der Waals surface area contributed by atoms with Crippen LogP contribution in [0, 0.1) is 5.92 Å². The van der Waals surface area contributed by atoms with Crippen LogP contribution in [-0.2, 0) is 4.74 Å². The molecule has 5 atom stereocenters. The molecule has 1 aliphatic heterocycles. The Morgan fingerprint density at radius 1 is 1.11 bits per heavy atom. The van der Waals surface area contributed by atoms with Gasteiger partial charge in [0.1, 0.15) is 0 Å². The first-order valence-corrected chi connectivity index (χ1v) is 7.73. The second-order valence-corrected chi connectivity index (χ2v) is 6.36. The Morgan fingerprint density at radius 3 is 2.39 bits per heavy atom. The predicted molar refractivity (Wildman–Crippen MR) is 75.8 cm³/mol. The van der Waals surface area contributed by atoms with Gasteiger partial charge in [-0.15, -0.1) is 0 Å². The SMILES string of the molecule is CCNC1CCC(C)CC1N1CC(C)OC(C)C1. The van der Waals surface area contributed by atoms with Gasteiger partial charge in [-0.25, -0.2) is 0 Å². The van der Waals surface area contributed by atoms with E-state index in [-0.39, 0.29) is 0 Å². The van der Waals surface area contributed by atoms with Crippen molar-refractivity contribution in [3.63, 3.8) is 0 Å². The van der Waals surface area contributed by atoms with Gasteiger partial charge in [-0.05, 0) is 45.6 Å². The van der Waals surface area contributed by atoms with Gasteiger partial charge >= 0.3 is 0 Å². The van der Waals surface area contributed by atoms with Gasteiger partial charge in [-0.3, -0.25) is 4.90 Å². The van der Waals surface area contributed by atoms with Gasteiger partial charge in [0.05, 0.1) is 12.2 Å². The minimum atomic E-state index is 0.383. The van der Waals surface area contributed by atoms with Crippen LogP contribution in [0.15, 0.2) is 0 Å². The van der Waals surface area contributed by atoms with Crippen molar-refractivity contribution in [3.8, 4) is 0 Å². The molecule has 2 rings (SSSR count). The third kappa shape index (κ3) is 3.46. The second-order valence-electron chi connectivity index (χ2n) is 6.36. The summed E-state index contributed by atoms with van der Waals surface area (Å²) in [4.78, 5) is 2.68. The molecule has 0 spiro atoms. The fourth-order valence-electron chi connectivity index (χ4n) is 3.74. The third-order valence-corrected chi connectivity index (χ3v) is 4.46. The average molecular weight is 254 g/mol. The van der Waals surface area contributed by atoms with Gasteiger partial charge in [0.2, 0.25) is 0 Å². The van der Waals surface area contributed by atoms with Crippen LogP contribution in [0.3, 0.4) is 0 Å². The number of hydrogen-bond donors (Lipinski definition) is 1. The molecule has 106 valence electrons. The van der Waals surface area contributed by atoms with E-state index >= 15 is 0 Å². The maximum atomic E-state index is 5.87. The van der Waals surface area contributed by atoms with Crippen molar-refractivity contribution in [3.05, 3.63) is 0 Å². The molecular weight excluding hydrogens is 224 g/mol. The number of morpholine rings is 1. The van der Waals surface area contributed by atoms with Crippen molar-refractivity contribution in [2.75, 3.05) is 19.6 Å². The summed E-state index contributed by atoms with van der Waals surface area (Å²) in [7, 11) is 0. The lowest BCUT2D eigenvalue weighted by Crippen LogP contribution is -2.58. The smallest absolute Gasteiger partial charge is 0.0678 e. The Labute approximate surface area is 112 Å². The summed E-state index contributed by atoms with van der Waals surface area (Å²) >= 11 is 0. The molecule has 0 amide bonds.